The maximum Gasteiger partial charge on any atom is 0.119 e. The van der Waals surface area contributed by atoms with Crippen LogP contribution in [0, 0.1) is 0 Å². The van der Waals surface area contributed by atoms with Gasteiger partial charge >= 0.3 is 0 Å². The molecule has 1 aliphatic heterocycles. The molecule has 152 valence electrons. The summed E-state index contributed by atoms with van der Waals surface area (Å²) >= 11 is 3.50. The number of hydrogen-bond acceptors (Lipinski definition) is 4. The van der Waals surface area contributed by atoms with Gasteiger partial charge < -0.3 is 20.7 Å². The van der Waals surface area contributed by atoms with E-state index in [2.05, 4.69) is 62.5 Å². The van der Waals surface area contributed by atoms with Gasteiger partial charge in [0.1, 0.15) is 12.4 Å². The van der Waals surface area contributed by atoms with Gasteiger partial charge in [-0.1, -0.05) is 40.2 Å². The van der Waals surface area contributed by atoms with Crippen LogP contribution in [0.25, 0.3) is 0 Å². The molecule has 1 saturated carbocycles. The van der Waals surface area contributed by atoms with Crippen molar-refractivity contribution >= 4 is 28.3 Å². The van der Waals surface area contributed by atoms with Gasteiger partial charge in [0, 0.05) is 42.1 Å². The standard InChI is InChI=1S/C22H28BrN3O.ClH/c23-18-3-1-2-16(12-18)15-27-20-6-4-17(5-7-20)21-13-22(21)25-9-11-26-10-8-19(24)14-26;/h1-7,12,19,21-22,25H,8-11,13-15,24H2;1H/t19-,21?,22?;/m1./s1. The molecule has 28 heavy (non-hydrogen) atoms. The van der Waals surface area contributed by atoms with E-state index in [0.717, 1.165) is 42.8 Å². The molecule has 0 radical (unpaired) electrons. The lowest BCUT2D eigenvalue weighted by molar-refractivity contribution is 0.306. The molecule has 1 saturated heterocycles. The van der Waals surface area contributed by atoms with Crippen molar-refractivity contribution in [1.82, 2.24) is 10.2 Å². The number of rotatable bonds is 8. The van der Waals surface area contributed by atoms with Gasteiger partial charge in [-0.2, -0.15) is 0 Å². The highest BCUT2D eigenvalue weighted by atomic mass is 79.9. The average Bonchev–Trinajstić information content (AvgIpc) is 3.32. The van der Waals surface area contributed by atoms with Crippen molar-refractivity contribution in [3.63, 3.8) is 0 Å². The molecule has 4 rings (SSSR count). The Balaban J connectivity index is 0.00000225. The lowest BCUT2D eigenvalue weighted by Gasteiger charge is -2.15. The molecule has 1 aliphatic carbocycles. The van der Waals surface area contributed by atoms with E-state index in [-0.39, 0.29) is 12.4 Å². The third-order valence-corrected chi connectivity index (χ3v) is 6.03. The first-order valence-corrected chi connectivity index (χ1v) is 10.7. The summed E-state index contributed by atoms with van der Waals surface area (Å²) in [6.45, 7) is 4.96. The van der Waals surface area contributed by atoms with Crippen molar-refractivity contribution in [3.05, 3.63) is 64.1 Å². The summed E-state index contributed by atoms with van der Waals surface area (Å²) in [4.78, 5) is 2.46. The summed E-state index contributed by atoms with van der Waals surface area (Å²) in [5.41, 5.74) is 8.54. The zero-order chi connectivity index (χ0) is 18.6. The minimum Gasteiger partial charge on any atom is -0.489 e. The van der Waals surface area contributed by atoms with E-state index in [4.69, 9.17) is 10.5 Å². The van der Waals surface area contributed by atoms with E-state index in [9.17, 15) is 0 Å². The number of likely N-dealkylation sites (tertiary alicyclic amines) is 1. The third-order valence-electron chi connectivity index (χ3n) is 5.54. The molecular formula is C22H29BrClN3O. The van der Waals surface area contributed by atoms with Crippen LogP contribution in [-0.2, 0) is 6.61 Å². The number of nitrogens with zero attached hydrogens (tertiary/aromatic N) is 1. The molecule has 0 amide bonds. The van der Waals surface area contributed by atoms with Gasteiger partial charge in [-0.15, -0.1) is 12.4 Å². The van der Waals surface area contributed by atoms with Gasteiger partial charge in [-0.25, -0.2) is 0 Å². The Kier molecular flexibility index (Phi) is 7.77. The average molecular weight is 467 g/mol. The smallest absolute Gasteiger partial charge is 0.119 e. The highest BCUT2D eigenvalue weighted by Crippen LogP contribution is 2.41. The topological polar surface area (TPSA) is 50.5 Å². The van der Waals surface area contributed by atoms with Crippen molar-refractivity contribution < 1.29 is 4.74 Å². The maximum absolute atomic E-state index is 5.97. The van der Waals surface area contributed by atoms with E-state index in [1.807, 2.05) is 12.1 Å². The highest BCUT2D eigenvalue weighted by Gasteiger charge is 2.37. The van der Waals surface area contributed by atoms with Gasteiger partial charge in [0.25, 0.3) is 0 Å². The lowest BCUT2D eigenvalue weighted by Crippen LogP contribution is -2.33. The van der Waals surface area contributed by atoms with Crippen molar-refractivity contribution in [3.8, 4) is 5.75 Å². The first-order chi connectivity index (χ1) is 13.2. The zero-order valence-electron chi connectivity index (χ0n) is 16.0. The molecule has 3 N–H and O–H groups in total. The lowest BCUT2D eigenvalue weighted by atomic mass is 10.1. The fourth-order valence-electron chi connectivity index (χ4n) is 3.87. The number of nitrogens with two attached hydrogens (primary N) is 1. The van der Waals surface area contributed by atoms with Gasteiger partial charge in [0.15, 0.2) is 0 Å². The Morgan fingerprint density at radius 2 is 2.00 bits per heavy atom. The number of ether oxygens (including phenoxy) is 1. The predicted molar refractivity (Wildman–Crippen MR) is 120 cm³/mol. The molecule has 2 aromatic rings. The first-order valence-electron chi connectivity index (χ1n) is 9.86. The van der Waals surface area contributed by atoms with Crippen LogP contribution < -0.4 is 15.8 Å². The van der Waals surface area contributed by atoms with Crippen LogP contribution in [0.5, 0.6) is 5.75 Å². The fraction of sp³-hybridized carbons (Fsp3) is 0.455. The molecule has 3 atom stereocenters. The number of benzene rings is 2. The number of halogens is 2. The van der Waals surface area contributed by atoms with E-state index in [1.54, 1.807) is 0 Å². The molecule has 2 aliphatic rings. The number of nitrogens with one attached hydrogen (secondary N) is 1. The van der Waals surface area contributed by atoms with Crippen molar-refractivity contribution in [2.75, 3.05) is 26.2 Å². The molecule has 1 heterocycles. The van der Waals surface area contributed by atoms with Crippen LogP contribution in [0.3, 0.4) is 0 Å². The summed E-state index contributed by atoms with van der Waals surface area (Å²) in [5, 5.41) is 3.70. The van der Waals surface area contributed by atoms with Crippen LogP contribution in [0.2, 0.25) is 0 Å². The largest absolute Gasteiger partial charge is 0.489 e. The highest BCUT2D eigenvalue weighted by molar-refractivity contribution is 9.10. The molecule has 2 unspecified atom stereocenters. The van der Waals surface area contributed by atoms with E-state index in [0.29, 0.717) is 24.6 Å². The molecular weight excluding hydrogens is 438 g/mol. The van der Waals surface area contributed by atoms with Crippen molar-refractivity contribution in [2.24, 2.45) is 5.73 Å². The molecule has 4 nitrogen and oxygen atoms in total. The van der Waals surface area contributed by atoms with Crippen LogP contribution >= 0.6 is 28.3 Å². The Morgan fingerprint density at radius 3 is 2.71 bits per heavy atom. The van der Waals surface area contributed by atoms with Gasteiger partial charge in [0.05, 0.1) is 0 Å². The second-order valence-corrected chi connectivity index (χ2v) is 8.66. The van der Waals surface area contributed by atoms with E-state index >= 15 is 0 Å². The predicted octanol–water partition coefficient (Wildman–Crippen LogP) is 3.93. The van der Waals surface area contributed by atoms with Crippen LogP contribution in [-0.4, -0.2) is 43.2 Å². The van der Waals surface area contributed by atoms with E-state index in [1.165, 1.54) is 17.5 Å². The van der Waals surface area contributed by atoms with Crippen LogP contribution in [0.15, 0.2) is 53.0 Å². The molecule has 0 bridgehead atoms. The summed E-state index contributed by atoms with van der Waals surface area (Å²) in [5.74, 6) is 1.57. The Morgan fingerprint density at radius 1 is 1.18 bits per heavy atom. The van der Waals surface area contributed by atoms with Crippen LogP contribution in [0.1, 0.15) is 29.9 Å². The summed E-state index contributed by atoms with van der Waals surface area (Å²) < 4.78 is 6.99. The SMILES string of the molecule is Cl.N[C@@H]1CCN(CCNC2CC2c2ccc(OCc3cccc(Br)c3)cc2)C1. The van der Waals surface area contributed by atoms with E-state index < -0.39 is 0 Å². The Bertz CT molecular complexity index is 758. The third kappa shape index (κ3) is 5.94. The molecule has 6 heteroatoms. The minimum absolute atomic E-state index is 0. The summed E-state index contributed by atoms with van der Waals surface area (Å²) in [6, 6.07) is 17.8. The summed E-state index contributed by atoms with van der Waals surface area (Å²) in [7, 11) is 0. The zero-order valence-corrected chi connectivity index (χ0v) is 18.4. The van der Waals surface area contributed by atoms with Gasteiger partial charge in [-0.3, -0.25) is 0 Å². The van der Waals surface area contributed by atoms with Crippen molar-refractivity contribution in [1.29, 1.82) is 0 Å². The second-order valence-electron chi connectivity index (χ2n) is 7.74. The summed E-state index contributed by atoms with van der Waals surface area (Å²) in [6.07, 6.45) is 2.37. The Hall–Kier alpha value is -1.11. The van der Waals surface area contributed by atoms with Gasteiger partial charge in [-0.05, 0) is 54.8 Å². The number of hydrogen-bond donors (Lipinski definition) is 2. The minimum atomic E-state index is 0. The van der Waals surface area contributed by atoms with Gasteiger partial charge in [0.2, 0.25) is 0 Å². The fourth-order valence-corrected chi connectivity index (χ4v) is 4.31. The maximum atomic E-state index is 5.97. The molecule has 2 aromatic carbocycles. The van der Waals surface area contributed by atoms with Crippen LogP contribution in [0.4, 0.5) is 0 Å². The normalized spacial score (nSPS) is 24.0. The first kappa shape index (κ1) is 21.6. The quantitative estimate of drug-likeness (QED) is 0.619. The molecule has 2 fully saturated rings. The monoisotopic (exact) mass is 465 g/mol. The second kappa shape index (κ2) is 10.1. The van der Waals surface area contributed by atoms with Crippen molar-refractivity contribution in [2.45, 2.75) is 37.5 Å². The molecule has 0 aromatic heterocycles. The molecule has 0 spiro atoms. The Labute approximate surface area is 182 Å².